The van der Waals surface area contributed by atoms with Gasteiger partial charge in [-0.15, -0.1) is 0 Å². The number of benzene rings is 2. The van der Waals surface area contributed by atoms with Crippen molar-refractivity contribution < 1.29 is 9.00 Å². The van der Waals surface area contributed by atoms with Gasteiger partial charge in [-0.1, -0.05) is 35.5 Å². The van der Waals surface area contributed by atoms with Crippen LogP contribution in [-0.4, -0.2) is 16.4 Å². The van der Waals surface area contributed by atoms with Gasteiger partial charge in [0.15, 0.2) is 0 Å². The number of rotatable bonds is 4. The second-order valence-electron chi connectivity index (χ2n) is 4.33. The van der Waals surface area contributed by atoms with Gasteiger partial charge >= 0.3 is 0 Å². The number of anilines is 1. The van der Waals surface area contributed by atoms with Gasteiger partial charge in [-0.05, 0) is 30.3 Å². The monoisotopic (exact) mass is 339 g/mol. The number of hydrogen-bond acceptors (Lipinski definition) is 3. The highest BCUT2D eigenvalue weighted by molar-refractivity contribution is 7.99. The van der Waals surface area contributed by atoms with Crippen molar-refractivity contribution in [3.05, 3.63) is 47.5 Å². The molecule has 2 rings (SSSR count). The Kier molecular flexibility index (Phi) is 5.45. The highest BCUT2D eigenvalue weighted by Crippen LogP contribution is 2.37. The summed E-state index contributed by atoms with van der Waals surface area (Å²) >= 11 is 7.61. The minimum Gasteiger partial charge on any atom is -0.325 e. The van der Waals surface area contributed by atoms with Crippen LogP contribution in [0.25, 0.3) is 0 Å². The van der Waals surface area contributed by atoms with E-state index in [-0.39, 0.29) is 5.91 Å². The molecule has 6 heteroatoms. The smallest absolute Gasteiger partial charge is 0.221 e. The fourth-order valence-electron chi connectivity index (χ4n) is 1.71. The van der Waals surface area contributed by atoms with Crippen LogP contribution in [0.15, 0.2) is 57.2 Å². The quantitative estimate of drug-likeness (QED) is 0.908. The maximum atomic E-state index is 11.6. The second-order valence-corrected chi connectivity index (χ2v) is 7.20. The molecule has 1 N–H and O–H groups in total. The molecule has 0 spiro atoms. The minimum absolute atomic E-state index is 0.171. The molecule has 0 saturated carbocycles. The number of hydrogen-bond donors (Lipinski definition) is 1. The first-order chi connectivity index (χ1) is 9.97. The Balaban J connectivity index is 2.40. The van der Waals surface area contributed by atoms with E-state index in [9.17, 15) is 9.00 Å². The lowest BCUT2D eigenvalue weighted by atomic mass is 10.3. The van der Waals surface area contributed by atoms with Crippen LogP contribution in [0.1, 0.15) is 6.92 Å². The third-order valence-electron chi connectivity index (χ3n) is 2.65. The van der Waals surface area contributed by atoms with Crippen LogP contribution in [-0.2, 0) is 15.6 Å². The van der Waals surface area contributed by atoms with Crippen LogP contribution in [0.2, 0.25) is 5.02 Å². The summed E-state index contributed by atoms with van der Waals surface area (Å²) in [6.07, 6.45) is 1.60. The first kappa shape index (κ1) is 16.1. The lowest BCUT2D eigenvalue weighted by molar-refractivity contribution is -0.114. The van der Waals surface area contributed by atoms with Crippen molar-refractivity contribution in [2.45, 2.75) is 21.6 Å². The molecule has 0 heterocycles. The van der Waals surface area contributed by atoms with Crippen molar-refractivity contribution in [1.29, 1.82) is 0 Å². The molecule has 0 aromatic heterocycles. The Morgan fingerprint density at radius 1 is 1.19 bits per heavy atom. The molecule has 1 amide bonds. The molecule has 0 radical (unpaired) electrons. The Labute approximate surface area is 135 Å². The fourth-order valence-corrected chi connectivity index (χ4v) is 3.41. The normalized spacial score (nSPS) is 12.0. The van der Waals surface area contributed by atoms with Crippen molar-refractivity contribution in [3.8, 4) is 0 Å². The molecular formula is C15H14ClNO2S2. The summed E-state index contributed by atoms with van der Waals surface area (Å²) in [4.78, 5) is 13.8. The van der Waals surface area contributed by atoms with E-state index in [1.54, 1.807) is 18.4 Å². The molecular weight excluding hydrogens is 326 g/mol. The summed E-state index contributed by atoms with van der Waals surface area (Å²) in [7, 11) is -1.10. The van der Waals surface area contributed by atoms with Gasteiger partial charge in [-0.3, -0.25) is 9.00 Å². The zero-order valence-electron chi connectivity index (χ0n) is 11.6. The number of amides is 1. The van der Waals surface area contributed by atoms with Gasteiger partial charge in [0.2, 0.25) is 5.91 Å². The van der Waals surface area contributed by atoms with Crippen LogP contribution < -0.4 is 5.32 Å². The zero-order valence-corrected chi connectivity index (χ0v) is 13.9. The molecule has 0 fully saturated rings. The predicted molar refractivity (Wildman–Crippen MR) is 88.7 cm³/mol. The van der Waals surface area contributed by atoms with Crippen molar-refractivity contribution in [2.75, 3.05) is 11.6 Å². The van der Waals surface area contributed by atoms with E-state index in [0.29, 0.717) is 15.6 Å². The van der Waals surface area contributed by atoms with E-state index in [1.807, 2.05) is 30.3 Å². The highest BCUT2D eigenvalue weighted by atomic mass is 35.5. The standard InChI is InChI=1S/C15H14ClNO2S2/c1-10(18)17-13-9-11(21(2)19)7-8-15(13)20-14-6-4-3-5-12(14)16/h3-9H,1-2H3,(H,17,18). The van der Waals surface area contributed by atoms with Crippen LogP contribution in [0.5, 0.6) is 0 Å². The molecule has 0 aliphatic carbocycles. The zero-order chi connectivity index (χ0) is 15.4. The van der Waals surface area contributed by atoms with Gasteiger partial charge in [0.05, 0.1) is 10.7 Å². The number of carbonyl (C=O) groups is 1. The van der Waals surface area contributed by atoms with Crippen molar-refractivity contribution in [1.82, 2.24) is 0 Å². The molecule has 1 atom stereocenters. The summed E-state index contributed by atoms with van der Waals surface area (Å²) in [5.74, 6) is -0.171. The molecule has 0 aliphatic rings. The number of halogens is 1. The van der Waals surface area contributed by atoms with E-state index in [1.165, 1.54) is 18.7 Å². The minimum atomic E-state index is -1.10. The van der Waals surface area contributed by atoms with Crippen LogP contribution >= 0.6 is 23.4 Å². The summed E-state index contributed by atoms with van der Waals surface area (Å²) in [5.41, 5.74) is 0.639. The fraction of sp³-hybridized carbons (Fsp3) is 0.133. The van der Waals surface area contributed by atoms with E-state index in [0.717, 1.165) is 9.79 Å². The van der Waals surface area contributed by atoms with Gasteiger partial charge in [-0.2, -0.15) is 0 Å². The van der Waals surface area contributed by atoms with Crippen LogP contribution in [0.4, 0.5) is 5.69 Å². The predicted octanol–water partition coefficient (Wildman–Crippen LogP) is 4.19. The van der Waals surface area contributed by atoms with E-state index in [2.05, 4.69) is 5.32 Å². The SMILES string of the molecule is CC(=O)Nc1cc(S(C)=O)ccc1Sc1ccccc1Cl. The lowest BCUT2D eigenvalue weighted by Crippen LogP contribution is -2.07. The van der Waals surface area contributed by atoms with Crippen molar-refractivity contribution in [3.63, 3.8) is 0 Å². The third kappa shape index (κ3) is 4.33. The molecule has 2 aromatic rings. The largest absolute Gasteiger partial charge is 0.325 e. The molecule has 0 saturated heterocycles. The first-order valence-corrected chi connectivity index (χ1v) is 8.90. The van der Waals surface area contributed by atoms with Gasteiger partial charge in [0, 0.05) is 38.7 Å². The van der Waals surface area contributed by atoms with E-state index in [4.69, 9.17) is 11.6 Å². The van der Waals surface area contributed by atoms with Gasteiger partial charge < -0.3 is 5.32 Å². The molecule has 110 valence electrons. The maximum absolute atomic E-state index is 11.6. The Bertz CT molecular complexity index is 704. The van der Waals surface area contributed by atoms with Gasteiger partial charge in [-0.25, -0.2) is 0 Å². The Morgan fingerprint density at radius 2 is 1.90 bits per heavy atom. The molecule has 1 unspecified atom stereocenters. The Hall–Kier alpha value is -1.30. The topological polar surface area (TPSA) is 46.2 Å². The Morgan fingerprint density at radius 3 is 2.52 bits per heavy atom. The summed E-state index contributed by atoms with van der Waals surface area (Å²) in [5, 5.41) is 3.42. The summed E-state index contributed by atoms with van der Waals surface area (Å²) in [6.45, 7) is 1.44. The third-order valence-corrected chi connectivity index (χ3v) is 5.16. The molecule has 3 nitrogen and oxygen atoms in total. The van der Waals surface area contributed by atoms with E-state index < -0.39 is 10.8 Å². The maximum Gasteiger partial charge on any atom is 0.221 e. The molecule has 2 aromatic carbocycles. The van der Waals surface area contributed by atoms with Crippen LogP contribution in [0, 0.1) is 0 Å². The van der Waals surface area contributed by atoms with Crippen molar-refractivity contribution >= 4 is 45.8 Å². The number of carbonyl (C=O) groups excluding carboxylic acids is 1. The average Bonchev–Trinajstić information content (AvgIpc) is 2.42. The van der Waals surface area contributed by atoms with Crippen molar-refractivity contribution in [2.24, 2.45) is 0 Å². The average molecular weight is 340 g/mol. The van der Waals surface area contributed by atoms with Gasteiger partial charge in [0.25, 0.3) is 0 Å². The van der Waals surface area contributed by atoms with Gasteiger partial charge in [0.1, 0.15) is 0 Å². The molecule has 0 aliphatic heterocycles. The lowest BCUT2D eigenvalue weighted by Gasteiger charge is -2.12. The summed E-state index contributed by atoms with van der Waals surface area (Å²) in [6, 6.07) is 12.9. The first-order valence-electron chi connectivity index (χ1n) is 6.15. The number of nitrogens with one attached hydrogen (secondary N) is 1. The summed E-state index contributed by atoms with van der Waals surface area (Å²) < 4.78 is 11.6. The molecule has 0 bridgehead atoms. The van der Waals surface area contributed by atoms with E-state index >= 15 is 0 Å². The highest BCUT2D eigenvalue weighted by Gasteiger charge is 2.10. The molecule has 21 heavy (non-hydrogen) atoms. The van der Waals surface area contributed by atoms with Crippen LogP contribution in [0.3, 0.4) is 0 Å². The second kappa shape index (κ2) is 7.11.